The summed E-state index contributed by atoms with van der Waals surface area (Å²) in [4.78, 5) is 32.4. The van der Waals surface area contributed by atoms with Gasteiger partial charge >= 0.3 is 0 Å². The van der Waals surface area contributed by atoms with Crippen molar-refractivity contribution >= 4 is 11.8 Å². The quantitative estimate of drug-likeness (QED) is 0.842. The SMILES string of the molecule is CC(C)n1cnc(C(=O)N2CC3(C2)CN(C(=O)C2CC2)C3)c1. The van der Waals surface area contributed by atoms with Crippen LogP contribution in [0.15, 0.2) is 12.5 Å². The summed E-state index contributed by atoms with van der Waals surface area (Å²) in [6.07, 6.45) is 5.66. The Balaban J connectivity index is 1.31. The molecule has 0 N–H and O–H groups in total. The van der Waals surface area contributed by atoms with E-state index in [1.165, 1.54) is 0 Å². The summed E-state index contributed by atoms with van der Waals surface area (Å²) in [6, 6.07) is 0.311. The fourth-order valence-electron chi connectivity index (χ4n) is 3.51. The number of hydrogen-bond donors (Lipinski definition) is 0. The van der Waals surface area contributed by atoms with Gasteiger partial charge in [-0.15, -0.1) is 0 Å². The second kappa shape index (κ2) is 4.57. The zero-order chi connectivity index (χ0) is 15.5. The van der Waals surface area contributed by atoms with Crippen molar-refractivity contribution in [2.75, 3.05) is 26.2 Å². The van der Waals surface area contributed by atoms with Crippen LogP contribution in [0.4, 0.5) is 0 Å². The Labute approximate surface area is 130 Å². The van der Waals surface area contributed by atoms with Crippen LogP contribution in [0.2, 0.25) is 0 Å². The normalized spacial score (nSPS) is 22.7. The van der Waals surface area contributed by atoms with Crippen molar-refractivity contribution in [3.05, 3.63) is 18.2 Å². The van der Waals surface area contributed by atoms with Gasteiger partial charge in [-0.25, -0.2) is 4.98 Å². The molecule has 0 atom stereocenters. The van der Waals surface area contributed by atoms with E-state index in [4.69, 9.17) is 0 Å². The summed E-state index contributed by atoms with van der Waals surface area (Å²) in [5.74, 6) is 0.637. The van der Waals surface area contributed by atoms with Crippen molar-refractivity contribution in [3.8, 4) is 0 Å². The number of hydrogen-bond acceptors (Lipinski definition) is 3. The zero-order valence-electron chi connectivity index (χ0n) is 13.2. The predicted octanol–water partition coefficient (Wildman–Crippen LogP) is 1.16. The molecule has 1 saturated carbocycles. The Morgan fingerprint density at radius 3 is 2.36 bits per heavy atom. The molecular formula is C16H22N4O2. The molecule has 6 heteroatoms. The van der Waals surface area contributed by atoms with Crippen LogP contribution < -0.4 is 0 Å². The number of imidazole rings is 1. The van der Waals surface area contributed by atoms with Crippen LogP contribution in [-0.2, 0) is 4.79 Å². The molecule has 1 aliphatic carbocycles. The Morgan fingerprint density at radius 2 is 1.82 bits per heavy atom. The molecule has 0 unspecified atom stereocenters. The van der Waals surface area contributed by atoms with Gasteiger partial charge in [-0.2, -0.15) is 0 Å². The van der Waals surface area contributed by atoms with Gasteiger partial charge in [0.25, 0.3) is 5.91 Å². The Bertz CT molecular complexity index is 618. The maximum Gasteiger partial charge on any atom is 0.274 e. The van der Waals surface area contributed by atoms with E-state index in [2.05, 4.69) is 18.8 Å². The van der Waals surface area contributed by atoms with Crippen LogP contribution in [0.3, 0.4) is 0 Å². The molecule has 22 heavy (non-hydrogen) atoms. The van der Waals surface area contributed by atoms with Gasteiger partial charge < -0.3 is 14.4 Å². The highest BCUT2D eigenvalue weighted by Gasteiger charge is 2.55. The second-order valence-electron chi connectivity index (χ2n) is 7.43. The topological polar surface area (TPSA) is 58.4 Å². The molecule has 3 heterocycles. The lowest BCUT2D eigenvalue weighted by Gasteiger charge is -2.60. The summed E-state index contributed by atoms with van der Waals surface area (Å²) in [5.41, 5.74) is 0.690. The fourth-order valence-corrected chi connectivity index (χ4v) is 3.51. The molecule has 2 aliphatic heterocycles. The van der Waals surface area contributed by atoms with E-state index >= 15 is 0 Å². The maximum absolute atomic E-state index is 12.4. The molecule has 0 bridgehead atoms. The summed E-state index contributed by atoms with van der Waals surface area (Å²) in [5, 5.41) is 0. The fraction of sp³-hybridized carbons (Fsp3) is 0.688. The van der Waals surface area contributed by atoms with Crippen molar-refractivity contribution in [3.63, 3.8) is 0 Å². The van der Waals surface area contributed by atoms with Gasteiger partial charge in [-0.3, -0.25) is 9.59 Å². The van der Waals surface area contributed by atoms with Gasteiger partial charge in [-0.05, 0) is 26.7 Å². The minimum Gasteiger partial charge on any atom is -0.341 e. The third-order valence-electron chi connectivity index (χ3n) is 5.05. The highest BCUT2D eigenvalue weighted by Crippen LogP contribution is 2.43. The van der Waals surface area contributed by atoms with Gasteiger partial charge in [-0.1, -0.05) is 0 Å². The summed E-state index contributed by atoms with van der Waals surface area (Å²) in [7, 11) is 0. The number of carbonyl (C=O) groups is 2. The molecule has 1 aromatic heterocycles. The van der Waals surface area contributed by atoms with E-state index in [0.29, 0.717) is 23.6 Å². The number of rotatable bonds is 3. The zero-order valence-corrected chi connectivity index (χ0v) is 13.2. The van der Waals surface area contributed by atoms with Gasteiger partial charge in [0.2, 0.25) is 5.91 Å². The van der Waals surface area contributed by atoms with Crippen LogP contribution >= 0.6 is 0 Å². The van der Waals surface area contributed by atoms with E-state index in [1.54, 1.807) is 6.33 Å². The van der Waals surface area contributed by atoms with Crippen LogP contribution in [-0.4, -0.2) is 57.3 Å². The largest absolute Gasteiger partial charge is 0.341 e. The van der Waals surface area contributed by atoms with Crippen LogP contribution in [0, 0.1) is 11.3 Å². The number of amides is 2. The first-order valence-corrected chi connectivity index (χ1v) is 8.09. The van der Waals surface area contributed by atoms with Crippen molar-refractivity contribution in [1.82, 2.24) is 19.4 Å². The lowest BCUT2D eigenvalue weighted by Crippen LogP contribution is -2.73. The molecular weight excluding hydrogens is 280 g/mol. The first kappa shape index (κ1) is 13.8. The smallest absolute Gasteiger partial charge is 0.274 e. The summed E-state index contributed by atoms with van der Waals surface area (Å²) < 4.78 is 1.95. The number of nitrogens with zero attached hydrogens (tertiary/aromatic N) is 4. The predicted molar refractivity (Wildman–Crippen MR) is 80.3 cm³/mol. The first-order valence-electron chi connectivity index (χ1n) is 8.09. The monoisotopic (exact) mass is 302 g/mol. The van der Waals surface area contributed by atoms with E-state index < -0.39 is 0 Å². The summed E-state index contributed by atoms with van der Waals surface area (Å²) in [6.45, 7) is 7.30. The highest BCUT2D eigenvalue weighted by molar-refractivity contribution is 5.93. The van der Waals surface area contributed by atoms with E-state index in [1.807, 2.05) is 20.6 Å². The molecule has 1 spiro atoms. The summed E-state index contributed by atoms with van der Waals surface area (Å²) >= 11 is 0. The lowest BCUT2D eigenvalue weighted by molar-refractivity contribution is -0.155. The average molecular weight is 302 g/mol. The first-order chi connectivity index (χ1) is 10.5. The molecule has 118 valence electrons. The third-order valence-corrected chi connectivity index (χ3v) is 5.05. The van der Waals surface area contributed by atoms with Gasteiger partial charge in [0.05, 0.1) is 6.33 Å². The highest BCUT2D eigenvalue weighted by atomic mass is 16.2. The van der Waals surface area contributed by atoms with E-state index in [-0.39, 0.29) is 11.3 Å². The van der Waals surface area contributed by atoms with Crippen LogP contribution in [0.5, 0.6) is 0 Å². The number of likely N-dealkylation sites (tertiary alicyclic amines) is 2. The number of aromatic nitrogens is 2. The van der Waals surface area contributed by atoms with Crippen LogP contribution in [0.1, 0.15) is 43.2 Å². The molecule has 2 amide bonds. The molecule has 1 aromatic rings. The van der Waals surface area contributed by atoms with Crippen molar-refractivity contribution in [1.29, 1.82) is 0 Å². The minimum absolute atomic E-state index is 0.0111. The molecule has 6 nitrogen and oxygen atoms in total. The maximum atomic E-state index is 12.4. The minimum atomic E-state index is 0.0111. The van der Waals surface area contributed by atoms with Crippen molar-refractivity contribution < 1.29 is 9.59 Å². The van der Waals surface area contributed by atoms with Crippen LogP contribution in [0.25, 0.3) is 0 Å². The lowest BCUT2D eigenvalue weighted by atomic mass is 9.72. The number of carbonyl (C=O) groups excluding carboxylic acids is 2. The Hall–Kier alpha value is -1.85. The molecule has 2 saturated heterocycles. The van der Waals surface area contributed by atoms with Gasteiger partial charge in [0, 0.05) is 49.8 Å². The van der Waals surface area contributed by atoms with E-state index in [0.717, 1.165) is 39.0 Å². The van der Waals surface area contributed by atoms with Gasteiger partial charge in [0.15, 0.2) is 0 Å². The van der Waals surface area contributed by atoms with Crippen molar-refractivity contribution in [2.24, 2.45) is 11.3 Å². The Kier molecular flexibility index (Phi) is 2.86. The third kappa shape index (κ3) is 2.12. The molecule has 0 aromatic carbocycles. The molecule has 3 aliphatic rings. The second-order valence-corrected chi connectivity index (χ2v) is 7.43. The average Bonchev–Trinajstić information content (AvgIpc) is 3.11. The molecule has 0 radical (unpaired) electrons. The van der Waals surface area contributed by atoms with Gasteiger partial charge in [0.1, 0.15) is 5.69 Å². The molecule has 3 fully saturated rings. The molecule has 4 rings (SSSR count). The van der Waals surface area contributed by atoms with Crippen molar-refractivity contribution in [2.45, 2.75) is 32.7 Å². The van der Waals surface area contributed by atoms with E-state index in [9.17, 15) is 9.59 Å². The Morgan fingerprint density at radius 1 is 1.18 bits per heavy atom. The standard InChI is InChI=1S/C16H22N4O2/c1-11(2)18-5-13(17-10-18)15(22)20-8-16(9-20)6-19(7-16)14(21)12-3-4-12/h5,10-12H,3-4,6-9H2,1-2H3.